The second kappa shape index (κ2) is 15.4. The van der Waals surface area contributed by atoms with Crippen molar-refractivity contribution in [3.05, 3.63) is 76.7 Å². The van der Waals surface area contributed by atoms with Gasteiger partial charge in [0.2, 0.25) is 0 Å². The molecule has 10 heteroatoms. The van der Waals surface area contributed by atoms with Crippen molar-refractivity contribution in [2.45, 2.75) is 50.6 Å². The van der Waals surface area contributed by atoms with Gasteiger partial charge >= 0.3 is 0 Å². The highest BCUT2D eigenvalue weighted by Crippen LogP contribution is 2.27. The number of anilines is 2. The molecule has 1 fully saturated rings. The van der Waals surface area contributed by atoms with E-state index in [1.807, 2.05) is 36.4 Å². The number of nitrogens with zero attached hydrogens (tertiary/aromatic N) is 5. The van der Waals surface area contributed by atoms with Crippen LogP contribution in [0.2, 0.25) is 5.15 Å². The van der Waals surface area contributed by atoms with Crippen LogP contribution in [0.3, 0.4) is 0 Å². The maximum atomic E-state index is 14.2. The number of halogens is 2. The highest BCUT2D eigenvalue weighted by Gasteiger charge is 2.21. The summed E-state index contributed by atoms with van der Waals surface area (Å²) in [4.78, 5) is 28.5. The Hall–Kier alpha value is -2.88. The maximum absolute atomic E-state index is 14.2. The molecule has 1 amide bonds. The first-order valence-electron chi connectivity index (χ1n) is 14.4. The molecule has 1 aliphatic heterocycles. The fourth-order valence-corrected chi connectivity index (χ4v) is 5.97. The van der Waals surface area contributed by atoms with Crippen molar-refractivity contribution in [2.75, 3.05) is 55.6 Å². The second-order valence-electron chi connectivity index (χ2n) is 10.3. The Bertz CT molecular complexity index is 1270. The zero-order chi connectivity index (χ0) is 29.2. The van der Waals surface area contributed by atoms with E-state index < -0.39 is 0 Å². The molecule has 1 aromatic heterocycles. The van der Waals surface area contributed by atoms with Crippen molar-refractivity contribution in [1.82, 2.24) is 20.2 Å². The van der Waals surface area contributed by atoms with E-state index >= 15 is 0 Å². The zero-order valence-corrected chi connectivity index (χ0v) is 25.7. The standard InChI is InChI=1S/C31H40ClFN6OS/c1-4-37(5-2)16-8-9-23(3)34-30(40)25-14-12-24(13-15-25)22-41-31-35-28(32)21-29(36-31)39-19-17-38(18-20-39)27-11-7-6-10-26(27)33/h6-7,10-15,21,23H,4-5,8-9,16-20,22H2,1-3H3,(H,34,40). The average molecular weight is 599 g/mol. The van der Waals surface area contributed by atoms with E-state index in [0.717, 1.165) is 43.9 Å². The van der Waals surface area contributed by atoms with Crippen molar-refractivity contribution in [2.24, 2.45) is 0 Å². The third kappa shape index (κ3) is 9.05. The van der Waals surface area contributed by atoms with E-state index in [0.29, 0.717) is 53.5 Å². The SMILES string of the molecule is CCN(CC)CCCC(C)NC(=O)c1ccc(CSc2nc(Cl)cc(N3CCN(c4ccccc4F)CC3)n2)cc1. The van der Waals surface area contributed by atoms with Gasteiger partial charge in [0.15, 0.2) is 5.16 Å². The summed E-state index contributed by atoms with van der Waals surface area (Å²) >= 11 is 7.86. The number of nitrogens with one attached hydrogen (secondary N) is 1. The predicted molar refractivity (Wildman–Crippen MR) is 168 cm³/mol. The van der Waals surface area contributed by atoms with Gasteiger partial charge in [-0.2, -0.15) is 0 Å². The number of piperazine rings is 1. The number of hydrogen-bond acceptors (Lipinski definition) is 7. The lowest BCUT2D eigenvalue weighted by Crippen LogP contribution is -2.47. The molecule has 7 nitrogen and oxygen atoms in total. The van der Waals surface area contributed by atoms with Crippen LogP contribution >= 0.6 is 23.4 Å². The van der Waals surface area contributed by atoms with Crippen LogP contribution in [0.4, 0.5) is 15.9 Å². The van der Waals surface area contributed by atoms with E-state index in [2.05, 4.69) is 45.8 Å². The summed E-state index contributed by atoms with van der Waals surface area (Å²) in [6, 6.07) is 16.5. The third-order valence-corrected chi connectivity index (χ3v) is 8.54. The number of carbonyl (C=O) groups is 1. The van der Waals surface area contributed by atoms with Crippen LogP contribution in [-0.2, 0) is 5.75 Å². The Morgan fingerprint density at radius 2 is 1.73 bits per heavy atom. The molecule has 0 saturated carbocycles. The summed E-state index contributed by atoms with van der Waals surface area (Å²) in [5.74, 6) is 1.19. The summed E-state index contributed by atoms with van der Waals surface area (Å²) in [5.41, 5.74) is 2.36. The first-order valence-corrected chi connectivity index (χ1v) is 15.8. The minimum absolute atomic E-state index is 0.0440. The van der Waals surface area contributed by atoms with Gasteiger partial charge in [-0.15, -0.1) is 0 Å². The van der Waals surface area contributed by atoms with Gasteiger partial charge < -0.3 is 20.0 Å². The van der Waals surface area contributed by atoms with Crippen molar-refractivity contribution in [1.29, 1.82) is 0 Å². The lowest BCUT2D eigenvalue weighted by molar-refractivity contribution is 0.0937. The summed E-state index contributed by atoms with van der Waals surface area (Å²) in [6.45, 7) is 12.4. The van der Waals surface area contributed by atoms with Crippen molar-refractivity contribution < 1.29 is 9.18 Å². The van der Waals surface area contributed by atoms with Gasteiger partial charge in [-0.3, -0.25) is 4.79 Å². The van der Waals surface area contributed by atoms with Gasteiger partial charge in [-0.05, 0) is 69.2 Å². The van der Waals surface area contributed by atoms with Crippen molar-refractivity contribution in [3.63, 3.8) is 0 Å². The summed E-state index contributed by atoms with van der Waals surface area (Å²) < 4.78 is 14.2. The molecule has 2 heterocycles. The summed E-state index contributed by atoms with van der Waals surface area (Å²) in [6.07, 6.45) is 2.02. The molecule has 4 rings (SSSR count). The Morgan fingerprint density at radius 3 is 2.41 bits per heavy atom. The number of hydrogen-bond donors (Lipinski definition) is 1. The van der Waals surface area contributed by atoms with E-state index in [1.165, 1.54) is 17.8 Å². The van der Waals surface area contributed by atoms with Crippen molar-refractivity contribution in [3.8, 4) is 0 Å². The monoisotopic (exact) mass is 598 g/mol. The number of para-hydroxylation sites is 1. The van der Waals surface area contributed by atoms with Crippen LogP contribution < -0.4 is 15.1 Å². The van der Waals surface area contributed by atoms with Crippen LogP contribution in [0.15, 0.2) is 59.8 Å². The minimum Gasteiger partial charge on any atom is -0.366 e. The molecule has 3 aromatic rings. The van der Waals surface area contributed by atoms with E-state index in [4.69, 9.17) is 16.6 Å². The Labute approximate surface area is 252 Å². The largest absolute Gasteiger partial charge is 0.366 e. The van der Waals surface area contributed by atoms with Crippen LogP contribution in [-0.4, -0.2) is 72.6 Å². The van der Waals surface area contributed by atoms with E-state index in [9.17, 15) is 9.18 Å². The van der Waals surface area contributed by atoms with Crippen LogP contribution in [0.1, 0.15) is 49.5 Å². The van der Waals surface area contributed by atoms with Gasteiger partial charge in [-0.1, -0.05) is 61.5 Å². The first-order chi connectivity index (χ1) is 19.9. The summed E-state index contributed by atoms with van der Waals surface area (Å²) in [7, 11) is 0. The normalized spacial score (nSPS) is 14.4. The quantitative estimate of drug-likeness (QED) is 0.144. The lowest BCUT2D eigenvalue weighted by Gasteiger charge is -2.36. The molecule has 220 valence electrons. The van der Waals surface area contributed by atoms with Gasteiger partial charge in [0.05, 0.1) is 5.69 Å². The molecular weight excluding hydrogens is 559 g/mol. The van der Waals surface area contributed by atoms with Crippen LogP contribution in [0.25, 0.3) is 0 Å². The minimum atomic E-state index is -0.200. The Kier molecular flexibility index (Phi) is 11.7. The third-order valence-electron chi connectivity index (χ3n) is 7.43. The molecule has 1 atom stereocenters. The average Bonchev–Trinajstić information content (AvgIpc) is 2.98. The molecular formula is C31H40ClFN6OS. The molecule has 0 radical (unpaired) electrons. The molecule has 1 N–H and O–H groups in total. The zero-order valence-electron chi connectivity index (χ0n) is 24.2. The number of thioether (sulfide) groups is 1. The van der Waals surface area contributed by atoms with E-state index in [-0.39, 0.29) is 17.8 Å². The number of amides is 1. The molecule has 0 aliphatic carbocycles. The molecule has 2 aromatic carbocycles. The first kappa shape index (κ1) is 31.1. The fraction of sp³-hybridized carbons (Fsp3) is 0.452. The Balaban J connectivity index is 1.26. The fourth-order valence-electron chi connectivity index (χ4n) is 4.94. The van der Waals surface area contributed by atoms with Gasteiger partial charge in [0, 0.05) is 49.6 Å². The molecule has 0 spiro atoms. The number of carbonyl (C=O) groups excluding carboxylic acids is 1. The van der Waals surface area contributed by atoms with Crippen LogP contribution in [0.5, 0.6) is 0 Å². The molecule has 1 unspecified atom stereocenters. The topological polar surface area (TPSA) is 64.6 Å². The molecule has 1 saturated heterocycles. The highest BCUT2D eigenvalue weighted by atomic mass is 35.5. The van der Waals surface area contributed by atoms with Gasteiger partial charge in [-0.25, -0.2) is 14.4 Å². The van der Waals surface area contributed by atoms with E-state index in [1.54, 1.807) is 12.1 Å². The molecule has 41 heavy (non-hydrogen) atoms. The maximum Gasteiger partial charge on any atom is 0.251 e. The number of aromatic nitrogens is 2. The van der Waals surface area contributed by atoms with Crippen molar-refractivity contribution >= 4 is 40.8 Å². The Morgan fingerprint density at radius 1 is 1.05 bits per heavy atom. The van der Waals surface area contributed by atoms with Crippen LogP contribution in [0, 0.1) is 5.82 Å². The highest BCUT2D eigenvalue weighted by molar-refractivity contribution is 7.98. The van der Waals surface area contributed by atoms with Gasteiger partial charge in [0.25, 0.3) is 5.91 Å². The predicted octanol–water partition coefficient (Wildman–Crippen LogP) is 6.13. The number of rotatable bonds is 13. The second-order valence-corrected chi connectivity index (χ2v) is 11.6. The molecule has 1 aliphatic rings. The lowest BCUT2D eigenvalue weighted by atomic mass is 10.1. The van der Waals surface area contributed by atoms with Gasteiger partial charge in [0.1, 0.15) is 16.8 Å². The summed E-state index contributed by atoms with van der Waals surface area (Å²) in [5, 5.41) is 4.11. The smallest absolute Gasteiger partial charge is 0.251 e. The number of benzene rings is 2. The molecule has 0 bridgehead atoms.